The Morgan fingerprint density at radius 2 is 0.417 bits per heavy atom. The van der Waals surface area contributed by atoms with Gasteiger partial charge in [0.05, 0.1) is 0 Å². The zero-order chi connectivity index (χ0) is 35.6. The fourth-order valence-electron chi connectivity index (χ4n) is 4.75. The molecule has 0 fully saturated rings. The summed E-state index contributed by atoms with van der Waals surface area (Å²) >= 11 is 0. The van der Waals surface area contributed by atoms with Crippen molar-refractivity contribution in [3.63, 3.8) is 0 Å². The fraction of sp³-hybridized carbons (Fsp3) is 0.375. The molecule has 0 unspecified atom stereocenters. The molecule has 0 aromatic heterocycles. The highest BCUT2D eigenvalue weighted by atomic mass is 14.0. The average Bonchev–Trinajstić information content (AvgIpc) is 3.12. The molecule has 5 rings (SSSR count). The molecule has 48 heavy (non-hydrogen) atoms. The van der Waals surface area contributed by atoms with E-state index in [9.17, 15) is 0 Å². The summed E-state index contributed by atoms with van der Waals surface area (Å²) < 4.78 is 0. The van der Waals surface area contributed by atoms with E-state index in [0.717, 1.165) is 25.7 Å². The SMILES string of the molecule is CCCc1ccc(C)cc1.CCCc1ccc(C)cc1.CCc1ccc(C)cc1.CCc1ccc(C)cc1.CCc1ccc(CC)cc1. The van der Waals surface area contributed by atoms with Crippen LogP contribution in [0.2, 0.25) is 0 Å². The van der Waals surface area contributed by atoms with Crippen molar-refractivity contribution in [3.05, 3.63) is 177 Å². The molecule has 0 saturated heterocycles. The minimum atomic E-state index is 1.14. The summed E-state index contributed by atoms with van der Waals surface area (Å²) in [6.45, 7) is 21.6. The summed E-state index contributed by atoms with van der Waals surface area (Å²) in [5, 5.41) is 0. The largest absolute Gasteiger partial charge is 0.0651 e. The van der Waals surface area contributed by atoms with E-state index in [2.05, 4.69) is 191 Å². The Balaban J connectivity index is 0.000000300. The number of aryl methyl sites for hydroxylation is 10. The molecule has 0 aliphatic carbocycles. The van der Waals surface area contributed by atoms with Crippen LogP contribution < -0.4 is 0 Å². The van der Waals surface area contributed by atoms with Crippen LogP contribution >= 0.6 is 0 Å². The first kappa shape index (κ1) is 42.1. The van der Waals surface area contributed by atoms with E-state index in [1.807, 2.05) is 0 Å². The maximum atomic E-state index is 2.21. The zero-order valence-corrected chi connectivity index (χ0v) is 32.2. The smallest absolute Gasteiger partial charge is 0.0281 e. The van der Waals surface area contributed by atoms with E-state index in [1.54, 1.807) is 0 Å². The quantitative estimate of drug-likeness (QED) is 0.158. The van der Waals surface area contributed by atoms with Crippen LogP contribution in [-0.4, -0.2) is 0 Å². The molecule has 5 aromatic rings. The van der Waals surface area contributed by atoms with Gasteiger partial charge in [0.2, 0.25) is 0 Å². The molecular formula is C48H66. The molecule has 5 aromatic carbocycles. The van der Waals surface area contributed by atoms with Gasteiger partial charge in [0, 0.05) is 0 Å². The van der Waals surface area contributed by atoms with Crippen LogP contribution in [0.3, 0.4) is 0 Å². The standard InChI is InChI=1S/3C10H14.2C9H12/c2*1-3-4-10-7-5-9(2)6-8-10;1-3-9-5-7-10(4-2)8-6-9;2*1-3-9-6-4-8(2)5-7-9/h3*5-8H,3-4H2,1-2H3;2*4-7H,3H2,1-2H3. The van der Waals surface area contributed by atoms with E-state index in [0.29, 0.717) is 0 Å². The van der Waals surface area contributed by atoms with Crippen molar-refractivity contribution in [2.24, 2.45) is 0 Å². The van der Waals surface area contributed by atoms with Crippen LogP contribution in [0.1, 0.15) is 110 Å². The van der Waals surface area contributed by atoms with Gasteiger partial charge in [-0.15, -0.1) is 0 Å². The van der Waals surface area contributed by atoms with Crippen LogP contribution in [0.15, 0.2) is 121 Å². The summed E-state index contributed by atoms with van der Waals surface area (Å²) in [7, 11) is 0. The van der Waals surface area contributed by atoms with Gasteiger partial charge in [-0.05, 0) is 99.6 Å². The molecule has 0 nitrogen and oxygen atoms in total. The van der Waals surface area contributed by atoms with E-state index >= 15 is 0 Å². The lowest BCUT2D eigenvalue weighted by molar-refractivity contribution is 0.921. The third-order valence-electron chi connectivity index (χ3n) is 8.22. The Labute approximate surface area is 296 Å². The number of hydrogen-bond acceptors (Lipinski definition) is 0. The summed E-state index contributed by atoms with van der Waals surface area (Å²) in [6.07, 6.45) is 9.46. The van der Waals surface area contributed by atoms with Crippen LogP contribution in [0, 0.1) is 27.7 Å². The lowest BCUT2D eigenvalue weighted by atomic mass is 10.1. The lowest BCUT2D eigenvalue weighted by Crippen LogP contribution is -1.81. The van der Waals surface area contributed by atoms with Gasteiger partial charge < -0.3 is 0 Å². The van der Waals surface area contributed by atoms with Gasteiger partial charge >= 0.3 is 0 Å². The average molecular weight is 643 g/mol. The van der Waals surface area contributed by atoms with E-state index in [1.165, 1.54) is 81.3 Å². The van der Waals surface area contributed by atoms with Crippen LogP contribution in [0.25, 0.3) is 0 Å². The Bertz CT molecular complexity index is 1320. The molecule has 0 saturated carbocycles. The van der Waals surface area contributed by atoms with E-state index in [4.69, 9.17) is 0 Å². The van der Waals surface area contributed by atoms with Gasteiger partial charge in [-0.25, -0.2) is 0 Å². The molecule has 0 N–H and O–H groups in total. The fourth-order valence-corrected chi connectivity index (χ4v) is 4.75. The predicted octanol–water partition coefficient (Wildman–Crippen LogP) is 13.8. The third kappa shape index (κ3) is 19.7. The maximum absolute atomic E-state index is 2.21. The van der Waals surface area contributed by atoms with Crippen LogP contribution in [0.5, 0.6) is 0 Å². The monoisotopic (exact) mass is 643 g/mol. The van der Waals surface area contributed by atoms with Crippen molar-refractivity contribution >= 4 is 0 Å². The predicted molar refractivity (Wildman–Crippen MR) is 217 cm³/mol. The topological polar surface area (TPSA) is 0 Å². The summed E-state index contributed by atoms with van der Waals surface area (Å²) in [4.78, 5) is 0. The molecule has 0 aliphatic rings. The molecule has 0 aliphatic heterocycles. The second kappa shape index (κ2) is 26.1. The van der Waals surface area contributed by atoms with Crippen molar-refractivity contribution in [1.82, 2.24) is 0 Å². The number of benzene rings is 5. The molecule has 258 valence electrons. The minimum Gasteiger partial charge on any atom is -0.0651 e. The van der Waals surface area contributed by atoms with Gasteiger partial charge in [0.15, 0.2) is 0 Å². The molecule has 0 amide bonds. The van der Waals surface area contributed by atoms with E-state index in [-0.39, 0.29) is 0 Å². The normalized spacial score (nSPS) is 9.71. The summed E-state index contributed by atoms with van der Waals surface area (Å²) in [6, 6.07) is 43.7. The molecule has 0 bridgehead atoms. The molecule has 0 radical (unpaired) electrons. The van der Waals surface area contributed by atoms with Gasteiger partial charge in [0.1, 0.15) is 0 Å². The second-order valence-corrected chi connectivity index (χ2v) is 12.7. The molecular weight excluding hydrogens is 577 g/mol. The second-order valence-electron chi connectivity index (χ2n) is 12.7. The van der Waals surface area contributed by atoms with Gasteiger partial charge in [-0.2, -0.15) is 0 Å². The van der Waals surface area contributed by atoms with Gasteiger partial charge in [0.25, 0.3) is 0 Å². The maximum Gasteiger partial charge on any atom is -0.0281 e. The Morgan fingerprint density at radius 3 is 0.583 bits per heavy atom. The van der Waals surface area contributed by atoms with Crippen molar-refractivity contribution in [2.75, 3.05) is 0 Å². The van der Waals surface area contributed by atoms with Crippen molar-refractivity contribution in [3.8, 4) is 0 Å². The number of hydrogen-bond donors (Lipinski definition) is 0. The van der Waals surface area contributed by atoms with Crippen molar-refractivity contribution < 1.29 is 0 Å². The highest BCUT2D eigenvalue weighted by molar-refractivity contribution is 5.24. The molecule has 0 heterocycles. The first-order chi connectivity index (χ1) is 23.2. The van der Waals surface area contributed by atoms with Crippen LogP contribution in [0.4, 0.5) is 0 Å². The van der Waals surface area contributed by atoms with Gasteiger partial charge in [-0.1, -0.05) is 198 Å². The Morgan fingerprint density at radius 1 is 0.250 bits per heavy atom. The minimum absolute atomic E-state index is 1.14. The first-order valence-electron chi connectivity index (χ1n) is 18.5. The van der Waals surface area contributed by atoms with Gasteiger partial charge in [-0.3, -0.25) is 0 Å². The summed E-state index contributed by atoms with van der Waals surface area (Å²) in [5.74, 6) is 0. The summed E-state index contributed by atoms with van der Waals surface area (Å²) in [5.41, 5.74) is 14.0. The molecule has 0 spiro atoms. The lowest BCUT2D eigenvalue weighted by Gasteiger charge is -1.97. The highest BCUT2D eigenvalue weighted by Crippen LogP contribution is 2.07. The Kier molecular flexibility index (Phi) is 22.9. The Hall–Kier alpha value is -3.90. The van der Waals surface area contributed by atoms with E-state index < -0.39 is 0 Å². The third-order valence-corrected chi connectivity index (χ3v) is 8.22. The molecule has 0 heteroatoms. The first-order valence-corrected chi connectivity index (χ1v) is 18.5. The number of rotatable bonds is 8. The molecule has 0 atom stereocenters. The van der Waals surface area contributed by atoms with Crippen LogP contribution in [-0.2, 0) is 38.5 Å². The van der Waals surface area contributed by atoms with Crippen molar-refractivity contribution in [2.45, 2.75) is 121 Å². The van der Waals surface area contributed by atoms with Crippen molar-refractivity contribution in [1.29, 1.82) is 0 Å². The zero-order valence-electron chi connectivity index (χ0n) is 32.2. The highest BCUT2D eigenvalue weighted by Gasteiger charge is 1.90.